The van der Waals surface area contributed by atoms with Crippen molar-refractivity contribution in [3.8, 4) is 11.5 Å². The van der Waals surface area contributed by atoms with Crippen LogP contribution in [0.4, 0.5) is 10.1 Å². The van der Waals surface area contributed by atoms with E-state index in [1.165, 1.54) is 25.3 Å². The van der Waals surface area contributed by atoms with Gasteiger partial charge in [-0.3, -0.25) is 4.79 Å². The molecule has 1 N–H and O–H groups in total. The predicted molar refractivity (Wildman–Crippen MR) is 96.9 cm³/mol. The number of carbonyl (C=O) groups is 1. The van der Waals surface area contributed by atoms with Crippen molar-refractivity contribution in [2.24, 2.45) is 0 Å². The lowest BCUT2D eigenvalue weighted by molar-refractivity contribution is 0.102. The van der Waals surface area contributed by atoms with Crippen molar-refractivity contribution in [1.29, 1.82) is 0 Å². The zero-order valence-electron chi connectivity index (χ0n) is 14.4. The number of pyridine rings is 1. The molecule has 0 radical (unpaired) electrons. The lowest BCUT2D eigenvalue weighted by Gasteiger charge is -2.16. The van der Waals surface area contributed by atoms with E-state index >= 15 is 0 Å². The van der Waals surface area contributed by atoms with Gasteiger partial charge in [0, 0.05) is 18.5 Å². The van der Waals surface area contributed by atoms with E-state index in [9.17, 15) is 9.18 Å². The Morgan fingerprint density at radius 3 is 2.81 bits per heavy atom. The van der Waals surface area contributed by atoms with Crippen LogP contribution < -0.4 is 14.8 Å². The maximum atomic E-state index is 13.9. The van der Waals surface area contributed by atoms with Crippen molar-refractivity contribution in [2.75, 3.05) is 12.4 Å². The summed E-state index contributed by atoms with van der Waals surface area (Å²) in [4.78, 5) is 16.8. The third-order valence-electron chi connectivity index (χ3n) is 3.55. The third-order valence-corrected chi connectivity index (χ3v) is 3.73. The molecule has 0 saturated carbocycles. The van der Waals surface area contributed by atoms with Gasteiger partial charge in [0.15, 0.2) is 11.6 Å². The number of amides is 1. The first-order valence-electron chi connectivity index (χ1n) is 7.87. The second kappa shape index (κ2) is 7.21. The predicted octanol–water partition coefficient (Wildman–Crippen LogP) is 4.17. The first-order valence-corrected chi connectivity index (χ1v) is 8.25. The number of nitrogens with zero attached hydrogens (tertiary/aromatic N) is 2. The fourth-order valence-electron chi connectivity index (χ4n) is 2.51. The first-order chi connectivity index (χ1) is 12.4. The molecule has 136 valence electrons. The van der Waals surface area contributed by atoms with Crippen LogP contribution in [0.2, 0.25) is 5.15 Å². The Morgan fingerprint density at radius 1 is 1.35 bits per heavy atom. The Hall–Kier alpha value is -2.80. The highest BCUT2D eigenvalue weighted by molar-refractivity contribution is 6.29. The summed E-state index contributed by atoms with van der Waals surface area (Å²) >= 11 is 5.93. The Bertz CT molecular complexity index is 972. The van der Waals surface area contributed by atoms with Gasteiger partial charge in [-0.25, -0.2) is 9.37 Å². The minimum atomic E-state index is -0.615. The lowest BCUT2D eigenvalue weighted by atomic mass is 10.1. The summed E-state index contributed by atoms with van der Waals surface area (Å²) in [7, 11) is 1.31. The van der Waals surface area contributed by atoms with Gasteiger partial charge in [0.2, 0.25) is 0 Å². The Balaban J connectivity index is 2.01. The number of benzene rings is 1. The van der Waals surface area contributed by atoms with Crippen LogP contribution in [0.3, 0.4) is 0 Å². The van der Waals surface area contributed by atoms with E-state index < -0.39 is 11.7 Å². The summed E-state index contributed by atoms with van der Waals surface area (Å²) in [6, 6.07) is 5.82. The van der Waals surface area contributed by atoms with Crippen molar-refractivity contribution >= 4 is 28.8 Å². The number of para-hydroxylation sites is 1. The van der Waals surface area contributed by atoms with E-state index in [0.29, 0.717) is 22.2 Å². The topological polar surface area (TPSA) is 64.9 Å². The molecule has 0 aliphatic rings. The largest absolute Gasteiger partial charge is 0.493 e. The minimum absolute atomic E-state index is 0.0757. The summed E-state index contributed by atoms with van der Waals surface area (Å²) in [5.41, 5.74) is 1.05. The summed E-state index contributed by atoms with van der Waals surface area (Å²) < 4.78 is 26.3. The molecule has 1 aromatic carbocycles. The van der Waals surface area contributed by atoms with Crippen LogP contribution in [0, 0.1) is 5.82 Å². The van der Waals surface area contributed by atoms with Gasteiger partial charge in [-0.2, -0.15) is 0 Å². The molecule has 0 fully saturated rings. The van der Waals surface area contributed by atoms with Gasteiger partial charge in [-0.1, -0.05) is 17.7 Å². The lowest BCUT2D eigenvalue weighted by Crippen LogP contribution is -2.16. The maximum absolute atomic E-state index is 13.9. The molecule has 0 unspecified atom stereocenters. The quantitative estimate of drug-likeness (QED) is 0.724. The number of halogens is 2. The highest BCUT2D eigenvalue weighted by atomic mass is 35.5. The number of ether oxygens (including phenoxy) is 2. The number of carbonyl (C=O) groups excluding carboxylic acids is 1. The van der Waals surface area contributed by atoms with Gasteiger partial charge >= 0.3 is 0 Å². The normalized spacial score (nSPS) is 11.0. The van der Waals surface area contributed by atoms with Gasteiger partial charge in [-0.15, -0.1) is 0 Å². The molecule has 1 amide bonds. The summed E-state index contributed by atoms with van der Waals surface area (Å²) in [6.45, 7) is 3.73. The van der Waals surface area contributed by atoms with Gasteiger partial charge in [0.05, 0.1) is 18.8 Å². The van der Waals surface area contributed by atoms with E-state index in [1.54, 1.807) is 22.9 Å². The molecule has 2 heterocycles. The van der Waals surface area contributed by atoms with Crippen LogP contribution in [0.15, 0.2) is 36.7 Å². The van der Waals surface area contributed by atoms with E-state index in [0.717, 1.165) is 0 Å². The van der Waals surface area contributed by atoms with Crippen LogP contribution in [-0.2, 0) is 0 Å². The maximum Gasteiger partial charge on any atom is 0.259 e. The summed E-state index contributed by atoms with van der Waals surface area (Å²) in [5, 5.41) is 3.05. The van der Waals surface area contributed by atoms with Gasteiger partial charge in [0.25, 0.3) is 5.91 Å². The number of fused-ring (bicyclic) bond motifs is 1. The average molecular weight is 378 g/mol. The molecule has 8 heteroatoms. The summed E-state index contributed by atoms with van der Waals surface area (Å²) in [6.07, 6.45) is 3.12. The smallest absolute Gasteiger partial charge is 0.259 e. The molecule has 0 saturated heterocycles. The second-order valence-electron chi connectivity index (χ2n) is 5.82. The number of aromatic nitrogens is 2. The number of imidazole rings is 1. The van der Waals surface area contributed by atoms with E-state index in [1.807, 2.05) is 13.8 Å². The zero-order chi connectivity index (χ0) is 18.8. The second-order valence-corrected chi connectivity index (χ2v) is 6.21. The van der Waals surface area contributed by atoms with Gasteiger partial charge in [0.1, 0.15) is 22.2 Å². The van der Waals surface area contributed by atoms with Crippen molar-refractivity contribution in [2.45, 2.75) is 20.0 Å². The van der Waals surface area contributed by atoms with Crippen LogP contribution in [-0.4, -0.2) is 28.5 Å². The standard InChI is InChI=1S/C18H17ClFN3O3/c1-10(2)26-14-7-16-22-15(19)9-23(16)8-13(14)21-18(24)11-5-4-6-12(20)17(11)25-3/h4-10H,1-3H3,(H,21,24). The van der Waals surface area contributed by atoms with E-state index in [-0.39, 0.29) is 17.4 Å². The van der Waals surface area contributed by atoms with Crippen molar-refractivity contribution in [1.82, 2.24) is 9.38 Å². The molecule has 2 aromatic heterocycles. The highest BCUT2D eigenvalue weighted by Crippen LogP contribution is 2.30. The molecule has 3 aromatic rings. The summed E-state index contributed by atoms with van der Waals surface area (Å²) in [5.74, 6) is -0.835. The fourth-order valence-corrected chi connectivity index (χ4v) is 2.71. The SMILES string of the molecule is COc1c(F)cccc1C(=O)Nc1cn2cc(Cl)nc2cc1OC(C)C. The van der Waals surface area contributed by atoms with Crippen LogP contribution in [0.25, 0.3) is 5.65 Å². The van der Waals surface area contributed by atoms with Gasteiger partial charge < -0.3 is 19.2 Å². The first kappa shape index (κ1) is 18.0. The molecular formula is C18H17ClFN3O3. The fraction of sp³-hybridized carbons (Fsp3) is 0.222. The van der Waals surface area contributed by atoms with E-state index in [4.69, 9.17) is 21.1 Å². The number of hydrogen-bond acceptors (Lipinski definition) is 4. The monoisotopic (exact) mass is 377 g/mol. The highest BCUT2D eigenvalue weighted by Gasteiger charge is 2.19. The number of nitrogens with one attached hydrogen (secondary N) is 1. The Kier molecular flexibility index (Phi) is 4.99. The van der Waals surface area contributed by atoms with Gasteiger partial charge in [-0.05, 0) is 26.0 Å². The molecule has 0 bridgehead atoms. The van der Waals surface area contributed by atoms with Crippen molar-refractivity contribution in [3.05, 3.63) is 53.2 Å². The molecule has 0 aliphatic carbocycles. The zero-order valence-corrected chi connectivity index (χ0v) is 15.2. The van der Waals surface area contributed by atoms with Crippen LogP contribution in [0.1, 0.15) is 24.2 Å². The molecule has 0 aliphatic heterocycles. The van der Waals surface area contributed by atoms with Crippen LogP contribution in [0.5, 0.6) is 11.5 Å². The molecule has 3 rings (SSSR count). The minimum Gasteiger partial charge on any atom is -0.493 e. The number of methoxy groups -OCH3 is 1. The molecular weight excluding hydrogens is 361 g/mol. The van der Waals surface area contributed by atoms with Crippen molar-refractivity contribution in [3.63, 3.8) is 0 Å². The van der Waals surface area contributed by atoms with Crippen molar-refractivity contribution < 1.29 is 18.7 Å². The molecule has 0 atom stereocenters. The molecule has 6 nitrogen and oxygen atoms in total. The average Bonchev–Trinajstić information content (AvgIpc) is 2.93. The van der Waals surface area contributed by atoms with Crippen LogP contribution >= 0.6 is 11.6 Å². The molecule has 26 heavy (non-hydrogen) atoms. The third kappa shape index (κ3) is 3.57. The number of rotatable bonds is 5. The Labute approximate surface area is 154 Å². The molecule has 0 spiro atoms. The number of hydrogen-bond donors (Lipinski definition) is 1. The Morgan fingerprint density at radius 2 is 2.12 bits per heavy atom. The number of anilines is 1. The van der Waals surface area contributed by atoms with E-state index in [2.05, 4.69) is 10.3 Å².